The minimum absolute atomic E-state index is 0.192. The van der Waals surface area contributed by atoms with Crippen LogP contribution in [0.15, 0.2) is 18.2 Å². The van der Waals surface area contributed by atoms with Crippen molar-refractivity contribution in [2.24, 2.45) is 0 Å². The Kier molecular flexibility index (Phi) is 7.79. The van der Waals surface area contributed by atoms with Gasteiger partial charge in [0.1, 0.15) is 5.75 Å². The van der Waals surface area contributed by atoms with Crippen molar-refractivity contribution in [3.8, 4) is 5.75 Å². The first kappa shape index (κ1) is 28.0. The Hall–Kier alpha value is -1.54. The van der Waals surface area contributed by atoms with Crippen molar-refractivity contribution in [1.82, 2.24) is 0 Å². The lowest BCUT2D eigenvalue weighted by atomic mass is 9.79. The van der Waals surface area contributed by atoms with Gasteiger partial charge in [-0.05, 0) is 48.6 Å². The van der Waals surface area contributed by atoms with Crippen LogP contribution in [0, 0.1) is 0 Å². The SMILES string of the molecule is O=S(=O)(O)C(F)(F)C(F)(F)C(F)(F)S(=O)(=O)Oc1c(C2CCCCC2)cccc1C1CCCCC1. The second-order valence-electron chi connectivity index (χ2n) is 9.06. The van der Waals surface area contributed by atoms with Crippen LogP contribution in [-0.2, 0) is 20.2 Å². The summed E-state index contributed by atoms with van der Waals surface area (Å²) < 4.78 is 144. The maximum absolute atomic E-state index is 14.5. The van der Waals surface area contributed by atoms with Gasteiger partial charge in [-0.1, -0.05) is 56.7 Å². The van der Waals surface area contributed by atoms with Crippen LogP contribution in [0.2, 0.25) is 0 Å². The first-order chi connectivity index (χ1) is 16.0. The summed E-state index contributed by atoms with van der Waals surface area (Å²) in [6.07, 6.45) is 6.99. The Morgan fingerprint density at radius 3 is 1.49 bits per heavy atom. The second-order valence-corrected chi connectivity index (χ2v) is 12.1. The highest BCUT2D eigenvalue weighted by Crippen LogP contribution is 2.52. The van der Waals surface area contributed by atoms with Gasteiger partial charge in [0, 0.05) is 0 Å². The number of hydrogen-bond donors (Lipinski definition) is 1. The molecule has 0 atom stereocenters. The van der Waals surface area contributed by atoms with Crippen molar-refractivity contribution in [1.29, 1.82) is 0 Å². The van der Waals surface area contributed by atoms with Gasteiger partial charge in [-0.25, -0.2) is 0 Å². The predicted octanol–water partition coefficient (Wildman–Crippen LogP) is 6.20. The van der Waals surface area contributed by atoms with Gasteiger partial charge >= 0.3 is 36.7 Å². The first-order valence-corrected chi connectivity index (χ1v) is 14.1. The smallest absolute Gasteiger partial charge is 0.377 e. The van der Waals surface area contributed by atoms with Crippen molar-refractivity contribution in [3.63, 3.8) is 0 Å². The zero-order valence-electron chi connectivity index (χ0n) is 18.5. The molecule has 2 aliphatic rings. The van der Waals surface area contributed by atoms with Crippen LogP contribution in [0.25, 0.3) is 0 Å². The fourth-order valence-electron chi connectivity index (χ4n) is 4.79. The van der Waals surface area contributed by atoms with E-state index in [-0.39, 0.29) is 23.0 Å². The van der Waals surface area contributed by atoms with Crippen LogP contribution in [0.1, 0.15) is 87.2 Å². The van der Waals surface area contributed by atoms with Crippen molar-refractivity contribution < 1.29 is 51.9 Å². The zero-order valence-corrected chi connectivity index (χ0v) is 20.2. The summed E-state index contributed by atoms with van der Waals surface area (Å²) >= 11 is 0. The predicted molar refractivity (Wildman–Crippen MR) is 114 cm³/mol. The molecule has 2 saturated carbocycles. The third-order valence-electron chi connectivity index (χ3n) is 6.73. The molecule has 35 heavy (non-hydrogen) atoms. The van der Waals surface area contributed by atoms with Crippen molar-refractivity contribution in [2.45, 2.75) is 92.5 Å². The monoisotopic (exact) mass is 552 g/mol. The highest BCUT2D eigenvalue weighted by atomic mass is 32.2. The van der Waals surface area contributed by atoms with Crippen molar-refractivity contribution in [3.05, 3.63) is 29.3 Å². The molecule has 0 aromatic heterocycles. The molecule has 200 valence electrons. The van der Waals surface area contributed by atoms with Crippen LogP contribution in [0.3, 0.4) is 0 Å². The van der Waals surface area contributed by atoms with Crippen LogP contribution < -0.4 is 4.18 Å². The van der Waals surface area contributed by atoms with E-state index < -0.39 is 42.4 Å². The largest absolute Gasteiger partial charge is 0.450 e. The van der Waals surface area contributed by atoms with Gasteiger partial charge < -0.3 is 4.18 Å². The van der Waals surface area contributed by atoms with E-state index >= 15 is 0 Å². The Morgan fingerprint density at radius 2 is 1.11 bits per heavy atom. The Balaban J connectivity index is 2.11. The van der Waals surface area contributed by atoms with E-state index in [1.165, 1.54) is 12.1 Å². The molecule has 0 radical (unpaired) electrons. The molecule has 1 aromatic rings. The molecule has 2 fully saturated rings. The zero-order chi connectivity index (χ0) is 26.3. The van der Waals surface area contributed by atoms with E-state index in [9.17, 15) is 43.2 Å². The average molecular weight is 553 g/mol. The lowest BCUT2D eigenvalue weighted by Crippen LogP contribution is -2.61. The van der Waals surface area contributed by atoms with E-state index in [0.29, 0.717) is 25.7 Å². The Morgan fingerprint density at radius 1 is 0.714 bits per heavy atom. The van der Waals surface area contributed by atoms with Crippen LogP contribution in [0.4, 0.5) is 26.3 Å². The summed E-state index contributed by atoms with van der Waals surface area (Å²) in [6.45, 7) is 0. The minimum Gasteiger partial charge on any atom is -0.377 e. The number of rotatable bonds is 8. The summed E-state index contributed by atoms with van der Waals surface area (Å²) in [6, 6.07) is 4.43. The molecule has 6 nitrogen and oxygen atoms in total. The fourth-order valence-corrected chi connectivity index (χ4v) is 6.27. The minimum atomic E-state index is -7.11. The topological polar surface area (TPSA) is 97.7 Å². The summed E-state index contributed by atoms with van der Waals surface area (Å²) in [7, 11) is -14.0. The number of alkyl halides is 6. The normalized spacial score (nSPS) is 20.1. The molecular formula is C21H26F6O6S2. The molecule has 0 bridgehead atoms. The standard InChI is InChI=1S/C21H26F6O6S2/c22-19(23,20(24,25)34(28,29)30)21(26,27)35(31,32)33-18-16(14-8-3-1-4-9-14)12-7-13-17(18)15-10-5-2-6-11-15/h7,12-15H,1-6,8-11H2,(H,28,29,30). The molecule has 1 N–H and O–H groups in total. The number of hydrogen-bond acceptors (Lipinski definition) is 5. The summed E-state index contributed by atoms with van der Waals surface area (Å²) in [5.41, 5.74) is 0.383. The number of halogens is 6. The molecule has 0 saturated heterocycles. The molecule has 0 amide bonds. The van der Waals surface area contributed by atoms with Crippen LogP contribution in [0.5, 0.6) is 5.75 Å². The molecule has 0 unspecified atom stereocenters. The fraction of sp³-hybridized carbons (Fsp3) is 0.714. The van der Waals surface area contributed by atoms with Gasteiger partial charge in [-0.3, -0.25) is 4.55 Å². The van der Waals surface area contributed by atoms with E-state index in [1.54, 1.807) is 6.07 Å². The summed E-state index contributed by atoms with van der Waals surface area (Å²) in [4.78, 5) is 0. The maximum atomic E-state index is 14.5. The molecule has 14 heteroatoms. The van der Waals surface area contributed by atoms with Crippen molar-refractivity contribution >= 4 is 20.2 Å². The highest BCUT2D eigenvalue weighted by molar-refractivity contribution is 7.88. The Bertz CT molecular complexity index is 1090. The van der Waals surface area contributed by atoms with E-state index in [0.717, 1.165) is 38.5 Å². The van der Waals surface area contributed by atoms with Gasteiger partial charge in [-0.2, -0.15) is 43.2 Å². The third kappa shape index (κ3) is 5.02. The quantitative estimate of drug-likeness (QED) is 0.234. The van der Waals surface area contributed by atoms with Gasteiger partial charge in [0.05, 0.1) is 0 Å². The average Bonchev–Trinajstić information content (AvgIpc) is 2.79. The molecule has 2 aliphatic carbocycles. The Labute approximate surface area is 199 Å². The lowest BCUT2D eigenvalue weighted by molar-refractivity contribution is -0.247. The summed E-state index contributed by atoms with van der Waals surface area (Å²) in [5, 5.41) is -13.5. The van der Waals surface area contributed by atoms with Gasteiger partial charge in [0.15, 0.2) is 0 Å². The molecule has 0 heterocycles. The number of benzene rings is 1. The van der Waals surface area contributed by atoms with Crippen LogP contribution >= 0.6 is 0 Å². The van der Waals surface area contributed by atoms with E-state index in [1.807, 2.05) is 0 Å². The second kappa shape index (κ2) is 9.73. The van der Waals surface area contributed by atoms with E-state index in [4.69, 9.17) is 4.55 Å². The maximum Gasteiger partial charge on any atom is 0.450 e. The van der Waals surface area contributed by atoms with Crippen LogP contribution in [-0.4, -0.2) is 37.8 Å². The molecule has 0 spiro atoms. The molecular weight excluding hydrogens is 526 g/mol. The van der Waals surface area contributed by atoms with Crippen molar-refractivity contribution in [2.75, 3.05) is 0 Å². The lowest BCUT2D eigenvalue weighted by Gasteiger charge is -2.32. The van der Waals surface area contributed by atoms with Gasteiger partial charge in [0.2, 0.25) is 0 Å². The van der Waals surface area contributed by atoms with Gasteiger partial charge in [-0.15, -0.1) is 0 Å². The summed E-state index contributed by atoms with van der Waals surface area (Å²) in [5.74, 6) is -8.30. The molecule has 0 aliphatic heterocycles. The van der Waals surface area contributed by atoms with E-state index in [2.05, 4.69) is 4.18 Å². The third-order valence-corrected chi connectivity index (χ3v) is 8.90. The number of para-hydroxylation sites is 1. The highest BCUT2D eigenvalue weighted by Gasteiger charge is 2.83. The van der Waals surface area contributed by atoms with Gasteiger partial charge in [0.25, 0.3) is 0 Å². The first-order valence-electron chi connectivity index (χ1n) is 11.2. The molecule has 3 rings (SSSR count). The molecule has 1 aromatic carbocycles.